The third kappa shape index (κ3) is 5.63. The maximum absolute atomic E-state index is 5.15. The Morgan fingerprint density at radius 1 is 1.71 bits per heavy atom. The van der Waals surface area contributed by atoms with Gasteiger partial charge in [-0.05, 0) is 13.0 Å². The molecule has 1 nitrogen and oxygen atoms in total. The van der Waals surface area contributed by atoms with Crippen LogP contribution in [0.3, 0.4) is 0 Å². The molecule has 0 atom stereocenters. The molecule has 0 spiro atoms. The highest BCUT2D eigenvalue weighted by atomic mass is 32.1. The lowest BCUT2D eigenvalue weighted by molar-refractivity contribution is 1.55. The number of rotatable bonds is 1. The second-order valence-electron chi connectivity index (χ2n) is 1.12. The fourth-order valence-electron chi connectivity index (χ4n) is 0.195. The minimum atomic E-state index is 0.540. The molecule has 0 saturated heterocycles. The van der Waals surface area contributed by atoms with Gasteiger partial charge >= 0.3 is 0 Å². The summed E-state index contributed by atoms with van der Waals surface area (Å²) < 4.78 is 0. The maximum atomic E-state index is 5.15. The van der Waals surface area contributed by atoms with Gasteiger partial charge < -0.3 is 5.73 Å². The van der Waals surface area contributed by atoms with Gasteiger partial charge in [-0.25, -0.2) is 0 Å². The first-order chi connectivity index (χ1) is 3.27. The summed E-state index contributed by atoms with van der Waals surface area (Å²) in [6, 6.07) is 0. The van der Waals surface area contributed by atoms with E-state index in [4.69, 9.17) is 5.73 Å². The summed E-state index contributed by atoms with van der Waals surface area (Å²) in [4.78, 5) is 0. The summed E-state index contributed by atoms with van der Waals surface area (Å²) in [5.41, 5.74) is 5.15. The number of nitrogens with two attached hydrogens (primary N) is 1. The van der Waals surface area contributed by atoms with Crippen LogP contribution in [0, 0.1) is 0 Å². The minimum Gasteiger partial charge on any atom is -0.394 e. The molecule has 7 heavy (non-hydrogen) atoms. The molecule has 2 heteroatoms. The monoisotopic (exact) mass is 115 g/mol. The summed E-state index contributed by atoms with van der Waals surface area (Å²) in [5.74, 6) is 0. The maximum Gasteiger partial charge on any atom is 0.0624 e. The van der Waals surface area contributed by atoms with Crippen LogP contribution in [-0.4, -0.2) is 0 Å². The van der Waals surface area contributed by atoms with Gasteiger partial charge in [0.1, 0.15) is 0 Å². The highest BCUT2D eigenvalue weighted by Crippen LogP contribution is 1.87. The van der Waals surface area contributed by atoms with E-state index in [0.717, 1.165) is 0 Å². The predicted octanol–water partition coefficient (Wildman–Crippen LogP) is 1.29. The van der Waals surface area contributed by atoms with Crippen molar-refractivity contribution in [2.75, 3.05) is 0 Å². The van der Waals surface area contributed by atoms with E-state index in [1.807, 2.05) is 19.1 Å². The Labute approximate surface area is 49.3 Å². The highest BCUT2D eigenvalue weighted by Gasteiger charge is 1.66. The molecule has 0 aliphatic heterocycles. The van der Waals surface area contributed by atoms with Crippen LogP contribution in [0.25, 0.3) is 0 Å². The number of thiol groups is 1. The number of hydrogen-bond acceptors (Lipinski definition) is 2. The van der Waals surface area contributed by atoms with E-state index >= 15 is 0 Å². The van der Waals surface area contributed by atoms with Gasteiger partial charge in [-0.1, -0.05) is 12.2 Å². The normalized spacial score (nSPS) is 13.1. The number of allylic oxidation sites excluding steroid dienone is 3. The van der Waals surface area contributed by atoms with E-state index in [1.54, 1.807) is 6.08 Å². The molecule has 40 valence electrons. The van der Waals surface area contributed by atoms with Gasteiger partial charge in [-0.3, -0.25) is 0 Å². The topological polar surface area (TPSA) is 26.0 Å². The minimum absolute atomic E-state index is 0.540. The van der Waals surface area contributed by atoms with Gasteiger partial charge in [0.05, 0.1) is 5.03 Å². The third-order valence-corrected chi connectivity index (χ3v) is 0.609. The van der Waals surface area contributed by atoms with Crippen LogP contribution in [0.1, 0.15) is 6.92 Å². The van der Waals surface area contributed by atoms with Crippen molar-refractivity contribution in [3.05, 3.63) is 23.3 Å². The molecule has 0 unspecified atom stereocenters. The van der Waals surface area contributed by atoms with E-state index < -0.39 is 0 Å². The van der Waals surface area contributed by atoms with E-state index in [9.17, 15) is 0 Å². The standard InChI is InChI=1S/C5H9NS/c1-2-3-4-5(6)7/h2-4,7H,6H2,1H3/b3-2-,5-4+. The first-order valence-corrected chi connectivity index (χ1v) is 2.49. The van der Waals surface area contributed by atoms with Gasteiger partial charge in [-0.15, -0.1) is 12.6 Å². The van der Waals surface area contributed by atoms with Gasteiger partial charge in [0.15, 0.2) is 0 Å². The van der Waals surface area contributed by atoms with Crippen molar-refractivity contribution in [1.82, 2.24) is 0 Å². The van der Waals surface area contributed by atoms with Crippen molar-refractivity contribution in [2.24, 2.45) is 5.73 Å². The van der Waals surface area contributed by atoms with Gasteiger partial charge in [0.2, 0.25) is 0 Å². The Bertz CT molecular complexity index is 90.3. The van der Waals surface area contributed by atoms with Crippen molar-refractivity contribution in [2.45, 2.75) is 6.92 Å². The van der Waals surface area contributed by atoms with E-state index in [0.29, 0.717) is 5.03 Å². The van der Waals surface area contributed by atoms with Crippen molar-refractivity contribution in [1.29, 1.82) is 0 Å². The molecule has 0 aromatic rings. The molecule has 0 fully saturated rings. The molecule has 2 N–H and O–H groups in total. The Morgan fingerprint density at radius 2 is 2.29 bits per heavy atom. The first kappa shape index (κ1) is 6.63. The Balaban J connectivity index is 3.46. The molecule has 0 rings (SSSR count). The predicted molar refractivity (Wildman–Crippen MR) is 36.1 cm³/mol. The largest absolute Gasteiger partial charge is 0.394 e. The van der Waals surface area contributed by atoms with Crippen LogP contribution in [0.2, 0.25) is 0 Å². The number of hydrogen-bond donors (Lipinski definition) is 2. The molecule has 0 amide bonds. The zero-order valence-corrected chi connectivity index (χ0v) is 5.15. The quantitative estimate of drug-likeness (QED) is 0.391. The Kier molecular flexibility index (Phi) is 3.61. The van der Waals surface area contributed by atoms with E-state index in [1.165, 1.54) is 0 Å². The average molecular weight is 115 g/mol. The zero-order valence-electron chi connectivity index (χ0n) is 4.26. The second kappa shape index (κ2) is 3.81. The van der Waals surface area contributed by atoms with E-state index in [-0.39, 0.29) is 0 Å². The highest BCUT2D eigenvalue weighted by molar-refractivity contribution is 7.84. The van der Waals surface area contributed by atoms with Crippen LogP contribution >= 0.6 is 12.6 Å². The van der Waals surface area contributed by atoms with Crippen LogP contribution in [-0.2, 0) is 0 Å². The summed E-state index contributed by atoms with van der Waals surface area (Å²) in [6.07, 6.45) is 5.45. The first-order valence-electron chi connectivity index (χ1n) is 2.04. The van der Waals surface area contributed by atoms with Gasteiger partial charge in [0, 0.05) is 0 Å². The fraction of sp³-hybridized carbons (Fsp3) is 0.200. The molecular weight excluding hydrogens is 106 g/mol. The lowest BCUT2D eigenvalue weighted by Gasteiger charge is -1.78. The lowest BCUT2D eigenvalue weighted by Crippen LogP contribution is -1.83. The van der Waals surface area contributed by atoms with Gasteiger partial charge in [-0.2, -0.15) is 0 Å². The smallest absolute Gasteiger partial charge is 0.0624 e. The van der Waals surface area contributed by atoms with Crippen molar-refractivity contribution >= 4 is 12.6 Å². The van der Waals surface area contributed by atoms with E-state index in [2.05, 4.69) is 12.6 Å². The molecular formula is C5H9NS. The molecule has 0 aliphatic rings. The van der Waals surface area contributed by atoms with Crippen molar-refractivity contribution in [3.8, 4) is 0 Å². The van der Waals surface area contributed by atoms with Crippen molar-refractivity contribution in [3.63, 3.8) is 0 Å². The Hall–Kier alpha value is -0.370. The molecule has 0 aliphatic carbocycles. The fourth-order valence-corrected chi connectivity index (χ4v) is 0.281. The van der Waals surface area contributed by atoms with Crippen molar-refractivity contribution < 1.29 is 0 Å². The molecule has 0 heterocycles. The summed E-state index contributed by atoms with van der Waals surface area (Å²) in [6.45, 7) is 1.92. The summed E-state index contributed by atoms with van der Waals surface area (Å²) in [5, 5.41) is 0.540. The molecule has 0 aromatic carbocycles. The van der Waals surface area contributed by atoms with Crippen LogP contribution < -0.4 is 5.73 Å². The lowest BCUT2D eigenvalue weighted by atomic mass is 10.5. The average Bonchev–Trinajstić information content (AvgIpc) is 1.61. The SMILES string of the molecule is C/C=C\C=C(/N)S. The second-order valence-corrected chi connectivity index (χ2v) is 1.63. The van der Waals surface area contributed by atoms with Gasteiger partial charge in [0.25, 0.3) is 0 Å². The molecule has 0 saturated carbocycles. The third-order valence-electron chi connectivity index (χ3n) is 0.459. The molecule has 0 radical (unpaired) electrons. The van der Waals surface area contributed by atoms with Crippen LogP contribution in [0.4, 0.5) is 0 Å². The van der Waals surface area contributed by atoms with Crippen LogP contribution in [0.5, 0.6) is 0 Å². The molecule has 0 bridgehead atoms. The summed E-state index contributed by atoms with van der Waals surface area (Å²) in [7, 11) is 0. The molecule has 0 aromatic heterocycles. The van der Waals surface area contributed by atoms with Crippen LogP contribution in [0.15, 0.2) is 23.3 Å². The Morgan fingerprint density at radius 3 is 2.43 bits per heavy atom. The zero-order chi connectivity index (χ0) is 5.70. The summed E-state index contributed by atoms with van der Waals surface area (Å²) >= 11 is 3.82.